The number of nitriles is 1. The minimum atomic E-state index is -0.441. The summed E-state index contributed by atoms with van der Waals surface area (Å²) in [4.78, 5) is 16.3. The minimum absolute atomic E-state index is 0.0711. The van der Waals surface area contributed by atoms with Crippen molar-refractivity contribution in [1.82, 2.24) is 4.57 Å². The average Bonchev–Trinajstić information content (AvgIpc) is 3.66. The van der Waals surface area contributed by atoms with Crippen LogP contribution in [-0.2, 0) is 4.74 Å². The van der Waals surface area contributed by atoms with Crippen molar-refractivity contribution in [3.05, 3.63) is 54.6 Å². The molecule has 37 heavy (non-hydrogen) atoms. The molecule has 1 aromatic heterocycles. The Morgan fingerprint density at radius 2 is 2.00 bits per heavy atom. The van der Waals surface area contributed by atoms with E-state index in [1.54, 1.807) is 13.5 Å². The highest BCUT2D eigenvalue weighted by Crippen LogP contribution is 2.43. The zero-order valence-electron chi connectivity index (χ0n) is 21.2. The second-order valence-electron chi connectivity index (χ2n) is 9.79. The number of nitrogens with two attached hydrogens (primary N) is 1. The van der Waals surface area contributed by atoms with E-state index in [-0.39, 0.29) is 12.7 Å². The van der Waals surface area contributed by atoms with Gasteiger partial charge in [-0.05, 0) is 80.6 Å². The number of aliphatic imine (C=N–C) groups is 1. The lowest BCUT2D eigenvalue weighted by Gasteiger charge is -2.30. The van der Waals surface area contributed by atoms with Crippen LogP contribution in [0.5, 0.6) is 5.75 Å². The topological polar surface area (TPSA) is 115 Å². The van der Waals surface area contributed by atoms with Crippen LogP contribution in [0.2, 0.25) is 0 Å². The molecule has 0 bridgehead atoms. The second-order valence-corrected chi connectivity index (χ2v) is 9.79. The van der Waals surface area contributed by atoms with Gasteiger partial charge in [0.1, 0.15) is 17.9 Å². The van der Waals surface area contributed by atoms with Crippen LogP contribution < -0.4 is 15.8 Å². The van der Waals surface area contributed by atoms with Gasteiger partial charge in [0.15, 0.2) is 0 Å². The summed E-state index contributed by atoms with van der Waals surface area (Å²) in [7, 11) is 0. The fourth-order valence-corrected chi connectivity index (χ4v) is 4.85. The molecule has 1 heterocycles. The Morgan fingerprint density at radius 3 is 2.62 bits per heavy atom. The molecule has 192 valence electrons. The Labute approximate surface area is 217 Å². The lowest BCUT2D eigenvalue weighted by molar-refractivity contribution is 0.108. The molecule has 2 aliphatic carbocycles. The first kappa shape index (κ1) is 24.6. The first-order chi connectivity index (χ1) is 18.0. The number of carbonyl (C=O) groups is 1. The van der Waals surface area contributed by atoms with E-state index in [9.17, 15) is 10.1 Å². The molecule has 0 saturated heterocycles. The van der Waals surface area contributed by atoms with Crippen molar-refractivity contribution in [2.45, 2.75) is 58.1 Å². The number of aromatic nitrogens is 1. The van der Waals surface area contributed by atoms with Crippen LogP contribution in [0.3, 0.4) is 0 Å². The molecule has 1 atom stereocenters. The molecule has 2 aromatic carbocycles. The molecule has 8 nitrogen and oxygen atoms in total. The van der Waals surface area contributed by atoms with Gasteiger partial charge < -0.3 is 24.8 Å². The molecule has 2 fully saturated rings. The van der Waals surface area contributed by atoms with Crippen LogP contribution in [-0.4, -0.2) is 29.2 Å². The lowest BCUT2D eigenvalue weighted by atomic mass is 9.92. The van der Waals surface area contributed by atoms with E-state index in [1.807, 2.05) is 49.4 Å². The van der Waals surface area contributed by atoms with Crippen molar-refractivity contribution in [3.8, 4) is 23.1 Å². The van der Waals surface area contributed by atoms with Gasteiger partial charge in [-0.25, -0.2) is 4.79 Å². The molecule has 3 aromatic rings. The number of hydrogen-bond donors (Lipinski definition) is 2. The zero-order valence-corrected chi connectivity index (χ0v) is 21.2. The van der Waals surface area contributed by atoms with Gasteiger partial charge in [-0.15, -0.1) is 6.54 Å². The number of carbonyl (C=O) groups excluding carboxylic acids is 1. The van der Waals surface area contributed by atoms with Crippen molar-refractivity contribution >= 4 is 28.5 Å². The molecular formula is C29H32N5O3-. The van der Waals surface area contributed by atoms with Crippen LogP contribution in [0.25, 0.3) is 22.2 Å². The molecule has 1 amide bonds. The fourth-order valence-electron chi connectivity index (χ4n) is 4.85. The predicted octanol–water partition coefficient (Wildman–Crippen LogP) is 6.17. The molecule has 8 heteroatoms. The van der Waals surface area contributed by atoms with E-state index in [1.165, 1.54) is 0 Å². The van der Waals surface area contributed by atoms with Crippen LogP contribution in [0.15, 0.2) is 47.5 Å². The lowest BCUT2D eigenvalue weighted by Crippen LogP contribution is -2.21. The maximum atomic E-state index is 12.3. The number of benzene rings is 2. The summed E-state index contributed by atoms with van der Waals surface area (Å²) in [6, 6.07) is 16.1. The smallest absolute Gasteiger partial charge is 0.411 e. The third-order valence-corrected chi connectivity index (χ3v) is 7.19. The molecular weight excluding hydrogens is 466 g/mol. The first-order valence-corrected chi connectivity index (χ1v) is 12.9. The monoisotopic (exact) mass is 498 g/mol. The SMILES string of the molecule is C[CH-]N=C(N)COc1ccc2c(C#N)c(-c3ccc(NC(=O)OC(C)C4CC4)cc3)n(C3CCC3)c2c1. The van der Waals surface area contributed by atoms with Crippen LogP contribution in [0.4, 0.5) is 10.5 Å². The maximum absolute atomic E-state index is 12.3. The normalized spacial score (nSPS) is 16.5. The van der Waals surface area contributed by atoms with E-state index in [0.717, 1.165) is 54.3 Å². The summed E-state index contributed by atoms with van der Waals surface area (Å²) in [5.41, 5.74) is 9.93. The van der Waals surface area contributed by atoms with Gasteiger partial charge in [0.2, 0.25) is 0 Å². The van der Waals surface area contributed by atoms with Crippen molar-refractivity contribution in [2.75, 3.05) is 11.9 Å². The quantitative estimate of drug-likeness (QED) is 0.208. The number of nitrogens with one attached hydrogen (secondary N) is 1. The van der Waals surface area contributed by atoms with Gasteiger partial charge in [-0.2, -0.15) is 5.26 Å². The summed E-state index contributed by atoms with van der Waals surface area (Å²) in [5.74, 6) is 1.56. The number of hydrogen-bond acceptors (Lipinski definition) is 5. The van der Waals surface area contributed by atoms with E-state index in [4.69, 9.17) is 15.2 Å². The number of rotatable bonds is 9. The van der Waals surface area contributed by atoms with Gasteiger partial charge in [-0.3, -0.25) is 5.32 Å². The number of amides is 1. The number of ether oxygens (including phenoxy) is 2. The van der Waals surface area contributed by atoms with Crippen molar-refractivity contribution in [2.24, 2.45) is 16.6 Å². The predicted molar refractivity (Wildman–Crippen MR) is 144 cm³/mol. The van der Waals surface area contributed by atoms with Gasteiger partial charge >= 0.3 is 6.09 Å². The largest absolute Gasteiger partial charge is 0.504 e. The molecule has 5 rings (SSSR count). The summed E-state index contributed by atoms with van der Waals surface area (Å²) >= 11 is 0. The van der Waals surface area contributed by atoms with Gasteiger partial charge in [0, 0.05) is 23.2 Å². The van der Waals surface area contributed by atoms with Crippen molar-refractivity contribution in [3.63, 3.8) is 0 Å². The number of anilines is 1. The first-order valence-electron chi connectivity index (χ1n) is 12.9. The minimum Gasteiger partial charge on any atom is -0.504 e. The summed E-state index contributed by atoms with van der Waals surface area (Å²) in [5, 5.41) is 13.9. The number of nitrogens with zero attached hydrogens (tertiary/aromatic N) is 3. The standard InChI is InChI=1S/C29H32N5O3/c1-3-32-27(31)17-36-23-13-14-24-25(16-30)28(34(26(24)15-23)22-5-4-6-22)20-9-11-21(12-10-20)33-29(35)37-18(2)19-7-8-19/h3,9-15,18-19,22H,4-8,17H2,1-2H3,(H2,31,32)(H,33,35)/q-1. The highest BCUT2D eigenvalue weighted by Gasteiger charge is 2.31. The van der Waals surface area contributed by atoms with E-state index in [2.05, 4.69) is 20.9 Å². The molecule has 0 spiro atoms. The van der Waals surface area contributed by atoms with Crippen LogP contribution >= 0.6 is 0 Å². The molecule has 3 N–H and O–H groups in total. The molecule has 0 aliphatic heterocycles. The van der Waals surface area contributed by atoms with Gasteiger partial charge in [-0.1, -0.05) is 19.1 Å². The summed E-state index contributed by atoms with van der Waals surface area (Å²) in [6.07, 6.45) is 5.00. The van der Waals surface area contributed by atoms with Gasteiger partial charge in [0.25, 0.3) is 0 Å². The van der Waals surface area contributed by atoms with Crippen LogP contribution in [0.1, 0.15) is 57.6 Å². The summed E-state index contributed by atoms with van der Waals surface area (Å²) in [6.45, 7) is 5.56. The number of amidine groups is 1. The third-order valence-electron chi connectivity index (χ3n) is 7.19. The van der Waals surface area contributed by atoms with Crippen molar-refractivity contribution < 1.29 is 14.3 Å². The van der Waals surface area contributed by atoms with E-state index < -0.39 is 6.09 Å². The van der Waals surface area contributed by atoms with Crippen molar-refractivity contribution in [1.29, 1.82) is 5.26 Å². The van der Waals surface area contributed by atoms with E-state index in [0.29, 0.717) is 34.8 Å². The zero-order chi connectivity index (χ0) is 25.9. The molecule has 0 radical (unpaired) electrons. The number of fused-ring (bicyclic) bond motifs is 1. The second kappa shape index (κ2) is 10.5. The maximum Gasteiger partial charge on any atom is 0.411 e. The molecule has 1 unspecified atom stereocenters. The molecule has 2 aliphatic rings. The fraction of sp³-hybridized carbons (Fsp3) is 0.379. The highest BCUT2D eigenvalue weighted by atomic mass is 16.6. The Morgan fingerprint density at radius 1 is 1.24 bits per heavy atom. The van der Waals surface area contributed by atoms with E-state index >= 15 is 0 Å². The Balaban J connectivity index is 1.45. The highest BCUT2D eigenvalue weighted by molar-refractivity contribution is 5.96. The Kier molecular flexibility index (Phi) is 6.95. The summed E-state index contributed by atoms with van der Waals surface area (Å²) < 4.78 is 13.6. The average molecular weight is 499 g/mol. The van der Waals surface area contributed by atoms with Crippen LogP contribution in [0, 0.1) is 23.8 Å². The Hall–Kier alpha value is -4.12. The third kappa shape index (κ3) is 5.21. The molecule has 2 saturated carbocycles. The Bertz CT molecular complexity index is 1360. The van der Waals surface area contributed by atoms with Gasteiger partial charge in [0.05, 0.1) is 23.4 Å².